The van der Waals surface area contributed by atoms with E-state index in [1.165, 1.54) is 44.2 Å². The maximum absolute atomic E-state index is 14.0. The highest BCUT2D eigenvalue weighted by Gasteiger charge is 2.36. The normalized spacial score (nSPS) is 15.7. The number of hydrogen-bond donors (Lipinski definition) is 1. The van der Waals surface area contributed by atoms with Gasteiger partial charge in [0, 0.05) is 5.56 Å². The summed E-state index contributed by atoms with van der Waals surface area (Å²) in [4.78, 5) is 0. The number of ether oxygens (including phenoxy) is 2. The first-order chi connectivity index (χ1) is 15.0. The fraction of sp³-hybridized carbons (Fsp3) is 0.217. The summed E-state index contributed by atoms with van der Waals surface area (Å²) in [7, 11) is -3.98. The van der Waals surface area contributed by atoms with E-state index in [0.717, 1.165) is 0 Å². The van der Waals surface area contributed by atoms with E-state index < -0.39 is 33.3 Å². The Morgan fingerprint density at radius 1 is 1.06 bits per heavy atom. The van der Waals surface area contributed by atoms with Crippen LogP contribution in [0.15, 0.2) is 60.7 Å². The van der Waals surface area contributed by atoms with Crippen molar-refractivity contribution in [2.75, 3.05) is 0 Å². The molecule has 0 saturated carbocycles. The summed E-state index contributed by atoms with van der Waals surface area (Å²) in [5.74, 6) is -0.285. The molecule has 0 fully saturated rings. The van der Waals surface area contributed by atoms with E-state index in [-0.39, 0.29) is 11.5 Å². The second-order valence-corrected chi connectivity index (χ2v) is 10.0. The van der Waals surface area contributed by atoms with Crippen LogP contribution >= 0.6 is 0 Å². The van der Waals surface area contributed by atoms with Crippen LogP contribution in [0.4, 0.5) is 13.2 Å². The maximum Gasteiger partial charge on any atom is 0.387 e. The van der Waals surface area contributed by atoms with E-state index >= 15 is 0 Å². The molecule has 0 aliphatic carbocycles. The van der Waals surface area contributed by atoms with Crippen LogP contribution in [0, 0.1) is 5.82 Å². The number of alkyl halides is 2. The minimum absolute atomic E-state index is 0.0881. The zero-order valence-electron chi connectivity index (χ0n) is 17.2. The van der Waals surface area contributed by atoms with Crippen LogP contribution in [0.25, 0.3) is 11.1 Å². The third kappa shape index (κ3) is 3.82. The lowest BCUT2D eigenvalue weighted by Gasteiger charge is -2.32. The summed E-state index contributed by atoms with van der Waals surface area (Å²) in [6.07, 6.45) is -0.814. The van der Waals surface area contributed by atoms with Gasteiger partial charge in [-0.25, -0.2) is 17.9 Å². The highest BCUT2D eigenvalue weighted by molar-refractivity contribution is 7.90. The quantitative estimate of drug-likeness (QED) is 0.571. The molecule has 2 N–H and O–H groups in total. The number of rotatable bonds is 5. The fourth-order valence-corrected chi connectivity index (χ4v) is 4.18. The Kier molecular flexibility index (Phi) is 5.42. The van der Waals surface area contributed by atoms with Gasteiger partial charge in [-0.3, -0.25) is 0 Å². The Morgan fingerprint density at radius 3 is 2.44 bits per heavy atom. The summed E-state index contributed by atoms with van der Waals surface area (Å²) in [5.41, 5.74) is 2.13. The van der Waals surface area contributed by atoms with Gasteiger partial charge < -0.3 is 9.47 Å². The molecule has 1 unspecified atom stereocenters. The van der Waals surface area contributed by atoms with Crippen molar-refractivity contribution in [1.82, 2.24) is 0 Å². The number of halogens is 3. The second-order valence-electron chi connectivity index (χ2n) is 7.92. The van der Waals surface area contributed by atoms with E-state index in [9.17, 15) is 21.6 Å². The molecule has 0 aromatic heterocycles. The molecule has 1 atom stereocenters. The van der Waals surface area contributed by atoms with E-state index in [4.69, 9.17) is 14.6 Å². The first-order valence-electron chi connectivity index (χ1n) is 9.66. The van der Waals surface area contributed by atoms with E-state index in [0.29, 0.717) is 27.8 Å². The molecule has 168 valence electrons. The number of nitrogens with two attached hydrogens (primary N) is 1. The van der Waals surface area contributed by atoms with Gasteiger partial charge in [-0.2, -0.15) is 8.78 Å². The Morgan fingerprint density at radius 2 is 1.78 bits per heavy atom. The molecule has 0 bridgehead atoms. The van der Waals surface area contributed by atoms with Crippen LogP contribution < -0.4 is 14.6 Å². The average Bonchev–Trinajstić information content (AvgIpc) is 2.71. The number of hydrogen-bond acceptors (Lipinski definition) is 4. The van der Waals surface area contributed by atoms with E-state index in [2.05, 4.69) is 0 Å². The third-order valence-corrected chi connectivity index (χ3v) is 7.27. The van der Waals surface area contributed by atoms with E-state index in [1.807, 2.05) is 0 Å². The van der Waals surface area contributed by atoms with Crippen molar-refractivity contribution < 1.29 is 31.1 Å². The fourth-order valence-electron chi connectivity index (χ4n) is 3.72. The SMILES string of the molecule is CC(C)(c1ccc2c(c1)C(c1cccc(F)c1)Oc1cccc(OC(F)F)c1-2)S(N)(=O)=O. The van der Waals surface area contributed by atoms with Crippen LogP contribution in [0.2, 0.25) is 0 Å². The molecule has 0 radical (unpaired) electrons. The highest BCUT2D eigenvalue weighted by atomic mass is 32.2. The third-order valence-electron chi connectivity index (χ3n) is 5.61. The molecular weight excluding hydrogens is 443 g/mol. The summed E-state index contributed by atoms with van der Waals surface area (Å²) in [5, 5.41) is 5.43. The van der Waals surface area contributed by atoms with Crippen LogP contribution in [0.1, 0.15) is 36.6 Å². The summed E-state index contributed by atoms with van der Waals surface area (Å²) < 4.78 is 73.7. The lowest BCUT2D eigenvalue weighted by Crippen LogP contribution is -2.35. The van der Waals surface area contributed by atoms with Crippen LogP contribution in [0.3, 0.4) is 0 Å². The topological polar surface area (TPSA) is 78.6 Å². The van der Waals surface area contributed by atoms with Crippen molar-refractivity contribution in [2.24, 2.45) is 5.14 Å². The van der Waals surface area contributed by atoms with E-state index in [1.54, 1.807) is 30.3 Å². The molecule has 0 amide bonds. The summed E-state index contributed by atoms with van der Waals surface area (Å²) in [6, 6.07) is 15.1. The molecule has 1 aliphatic heterocycles. The zero-order chi connectivity index (χ0) is 23.3. The van der Waals surface area contributed by atoms with Gasteiger partial charge in [-0.05, 0) is 60.9 Å². The molecule has 3 aromatic carbocycles. The van der Waals surface area contributed by atoms with Crippen molar-refractivity contribution in [3.8, 4) is 22.6 Å². The number of fused-ring (bicyclic) bond motifs is 3. The molecule has 1 aliphatic rings. The van der Waals surface area contributed by atoms with Crippen molar-refractivity contribution >= 4 is 10.0 Å². The van der Waals surface area contributed by atoms with Gasteiger partial charge in [-0.15, -0.1) is 0 Å². The van der Waals surface area contributed by atoms with Gasteiger partial charge in [0.05, 0.1) is 5.56 Å². The zero-order valence-corrected chi connectivity index (χ0v) is 18.0. The Hall–Kier alpha value is -3.04. The second kappa shape index (κ2) is 7.83. The lowest BCUT2D eigenvalue weighted by molar-refractivity contribution is -0.0496. The molecule has 1 heterocycles. The van der Waals surface area contributed by atoms with Crippen molar-refractivity contribution in [3.05, 3.63) is 83.2 Å². The van der Waals surface area contributed by atoms with Gasteiger partial charge in [0.2, 0.25) is 10.0 Å². The molecule has 3 aromatic rings. The van der Waals surface area contributed by atoms with Gasteiger partial charge in [-0.1, -0.05) is 30.3 Å². The van der Waals surface area contributed by atoms with Crippen molar-refractivity contribution in [1.29, 1.82) is 0 Å². The summed E-state index contributed by atoms with van der Waals surface area (Å²) in [6.45, 7) is -0.125. The Labute approximate surface area is 183 Å². The minimum Gasteiger partial charge on any atom is -0.480 e. The first-order valence-corrected chi connectivity index (χ1v) is 11.2. The molecule has 32 heavy (non-hydrogen) atoms. The lowest BCUT2D eigenvalue weighted by atomic mass is 9.86. The Bertz CT molecular complexity index is 1290. The highest BCUT2D eigenvalue weighted by Crippen LogP contribution is 2.50. The van der Waals surface area contributed by atoms with Crippen molar-refractivity contribution in [3.63, 3.8) is 0 Å². The van der Waals surface area contributed by atoms with Crippen LogP contribution in [-0.4, -0.2) is 15.0 Å². The van der Waals surface area contributed by atoms with Crippen LogP contribution in [-0.2, 0) is 14.8 Å². The number of benzene rings is 3. The van der Waals surface area contributed by atoms with Gasteiger partial charge >= 0.3 is 6.61 Å². The maximum atomic E-state index is 14.0. The molecule has 0 spiro atoms. The molecule has 0 saturated heterocycles. The van der Waals surface area contributed by atoms with Crippen molar-refractivity contribution in [2.45, 2.75) is 31.3 Å². The van der Waals surface area contributed by atoms with Gasteiger partial charge in [0.15, 0.2) is 0 Å². The van der Waals surface area contributed by atoms with Gasteiger partial charge in [0.25, 0.3) is 0 Å². The van der Waals surface area contributed by atoms with Crippen LogP contribution in [0.5, 0.6) is 11.5 Å². The molecule has 9 heteroatoms. The monoisotopic (exact) mass is 463 g/mol. The predicted molar refractivity (Wildman–Crippen MR) is 114 cm³/mol. The standard InChI is InChI=1S/C23H20F3NO4S/c1-23(2,32(27,28)29)14-9-10-16-17(12-14)21(13-5-3-6-15(24)11-13)30-18-7-4-8-19(20(16)18)31-22(25)26/h3-12,21-22H,1-2H3,(H2,27,28,29). The molecule has 5 nitrogen and oxygen atoms in total. The molecular formula is C23H20F3NO4S. The Balaban J connectivity index is 1.98. The smallest absolute Gasteiger partial charge is 0.387 e. The van der Waals surface area contributed by atoms with Gasteiger partial charge in [0.1, 0.15) is 28.2 Å². The average molecular weight is 463 g/mol. The molecule has 4 rings (SSSR count). The number of sulfonamides is 1. The minimum atomic E-state index is -3.98. The summed E-state index contributed by atoms with van der Waals surface area (Å²) >= 11 is 0. The largest absolute Gasteiger partial charge is 0.480 e. The first kappa shape index (κ1) is 22.2. The number of primary sulfonamides is 1. The predicted octanol–water partition coefficient (Wildman–Crippen LogP) is 5.10.